The second-order valence-electron chi connectivity index (χ2n) is 5.51. The lowest BCUT2D eigenvalue weighted by Crippen LogP contribution is -2.12. The Hall–Kier alpha value is -1.66. The lowest BCUT2D eigenvalue weighted by molar-refractivity contribution is -0.159. The molecule has 0 amide bonds. The van der Waals surface area contributed by atoms with Gasteiger partial charge in [-0.2, -0.15) is 18.2 Å². The summed E-state index contributed by atoms with van der Waals surface area (Å²) in [4.78, 5) is 3.34. The van der Waals surface area contributed by atoms with Crippen LogP contribution in [0.1, 0.15) is 24.0 Å². The van der Waals surface area contributed by atoms with Crippen LogP contribution in [-0.2, 0) is 10.7 Å². The molecular weight excluding hydrogens is 330 g/mol. The van der Waals surface area contributed by atoms with Crippen LogP contribution in [0.25, 0.3) is 11.4 Å². The van der Waals surface area contributed by atoms with Gasteiger partial charge in [0.05, 0.1) is 0 Å². The van der Waals surface area contributed by atoms with E-state index in [2.05, 4.69) is 14.7 Å². The molecule has 0 bridgehead atoms. The zero-order chi connectivity index (χ0) is 17.4. The van der Waals surface area contributed by atoms with Crippen LogP contribution < -0.4 is 0 Å². The molecule has 2 unspecified atom stereocenters. The molecule has 0 aliphatic rings. The first kappa shape index (κ1) is 17.7. The molecule has 0 radical (unpaired) electrons. The molecule has 2 atom stereocenters. The highest BCUT2D eigenvalue weighted by atomic mass is 31.2. The number of halogens is 3. The molecule has 23 heavy (non-hydrogen) atoms. The van der Waals surface area contributed by atoms with E-state index in [1.807, 2.05) is 6.92 Å². The van der Waals surface area contributed by atoms with Crippen molar-refractivity contribution in [3.8, 4) is 11.4 Å². The first-order valence-corrected chi connectivity index (χ1v) is 8.97. The van der Waals surface area contributed by atoms with E-state index in [4.69, 9.17) is 0 Å². The van der Waals surface area contributed by atoms with E-state index >= 15 is 0 Å². The monoisotopic (exact) mass is 347 g/mol. The maximum Gasteiger partial charge on any atom is 0.471 e. The summed E-state index contributed by atoms with van der Waals surface area (Å²) in [7, 11) is 0.959. The fraction of sp³-hybridized carbons (Fsp3) is 0.429. The molecule has 1 aromatic heterocycles. The Balaban J connectivity index is 2.26. The smallest absolute Gasteiger partial charge is 0.329 e. The second kappa shape index (κ2) is 6.09. The summed E-state index contributed by atoms with van der Waals surface area (Å²) >= 11 is 0. The van der Waals surface area contributed by atoms with Gasteiger partial charge in [0.15, 0.2) is 7.29 Å². The van der Waals surface area contributed by atoms with Gasteiger partial charge in [-0.15, -0.1) is 0 Å². The molecule has 0 N–H and O–H groups in total. The number of benzene rings is 1. The number of alkyl halides is 3. The van der Waals surface area contributed by atoms with Crippen molar-refractivity contribution in [2.24, 2.45) is 0 Å². The van der Waals surface area contributed by atoms with Crippen molar-refractivity contribution < 1.29 is 22.3 Å². The van der Waals surface area contributed by atoms with E-state index in [0.29, 0.717) is 5.56 Å². The highest BCUT2D eigenvalue weighted by Gasteiger charge is 2.38. The van der Waals surface area contributed by atoms with Crippen LogP contribution in [-0.4, -0.2) is 35.6 Å². The van der Waals surface area contributed by atoms with Crippen molar-refractivity contribution in [3.05, 3.63) is 35.7 Å². The number of nitrogens with zero attached hydrogens (tertiary/aromatic N) is 3. The predicted molar refractivity (Wildman–Crippen MR) is 80.4 cm³/mol. The summed E-state index contributed by atoms with van der Waals surface area (Å²) in [5, 5.41) is 3.34. The van der Waals surface area contributed by atoms with Gasteiger partial charge < -0.3 is 9.09 Å². The predicted octanol–water partition coefficient (Wildman–Crippen LogP) is 4.29. The molecule has 0 aliphatic carbocycles. The normalized spacial score (nSPS) is 16.3. The molecule has 1 heterocycles. The third-order valence-electron chi connectivity index (χ3n) is 3.83. The van der Waals surface area contributed by atoms with Crippen molar-refractivity contribution in [2.75, 3.05) is 20.8 Å². The van der Waals surface area contributed by atoms with Gasteiger partial charge in [0, 0.05) is 17.9 Å². The molecule has 5 nitrogen and oxygen atoms in total. The van der Waals surface area contributed by atoms with E-state index in [-0.39, 0.29) is 11.5 Å². The SMILES string of the molecule is CC(c1ccc(-c2noc(C(F)(F)F)n2)cc1)P(C)(=O)N(C)C. The molecule has 126 valence electrons. The van der Waals surface area contributed by atoms with Gasteiger partial charge in [-0.3, -0.25) is 4.67 Å². The average molecular weight is 347 g/mol. The minimum atomic E-state index is -4.67. The molecule has 9 heteroatoms. The Morgan fingerprint density at radius 1 is 1.22 bits per heavy atom. The van der Waals surface area contributed by atoms with Crippen molar-refractivity contribution in [1.29, 1.82) is 0 Å². The third-order valence-corrected chi connectivity index (χ3v) is 7.16. The first-order chi connectivity index (χ1) is 10.5. The molecule has 0 saturated heterocycles. The Kier molecular flexibility index (Phi) is 4.69. The molecule has 1 aromatic carbocycles. The van der Waals surface area contributed by atoms with Crippen molar-refractivity contribution in [2.45, 2.75) is 18.8 Å². The van der Waals surface area contributed by atoms with Crippen molar-refractivity contribution >= 4 is 7.29 Å². The quantitative estimate of drug-likeness (QED) is 0.773. The fourth-order valence-corrected chi connectivity index (χ4v) is 3.41. The van der Waals surface area contributed by atoms with Crippen LogP contribution in [0.2, 0.25) is 0 Å². The third kappa shape index (κ3) is 3.64. The van der Waals surface area contributed by atoms with Crippen LogP contribution in [0.4, 0.5) is 13.2 Å². The zero-order valence-electron chi connectivity index (χ0n) is 13.1. The molecule has 2 aromatic rings. The molecule has 2 rings (SSSR count). The summed E-state index contributed by atoms with van der Waals surface area (Å²) in [6.45, 7) is 3.55. The molecule has 0 saturated carbocycles. The maximum absolute atomic E-state index is 12.6. The van der Waals surface area contributed by atoms with Crippen LogP contribution in [0.3, 0.4) is 0 Å². The average Bonchev–Trinajstić information content (AvgIpc) is 2.96. The number of hydrogen-bond donors (Lipinski definition) is 0. The van der Waals surface area contributed by atoms with Gasteiger partial charge >= 0.3 is 12.1 Å². The van der Waals surface area contributed by atoms with Gasteiger partial charge in [-0.25, -0.2) is 0 Å². The summed E-state index contributed by atoms with van der Waals surface area (Å²) in [6, 6.07) is 6.60. The van der Waals surface area contributed by atoms with Crippen LogP contribution in [0.5, 0.6) is 0 Å². The Morgan fingerprint density at radius 2 is 1.78 bits per heavy atom. The molecular formula is C14H17F3N3O2P. The van der Waals surface area contributed by atoms with Gasteiger partial charge in [0.2, 0.25) is 5.82 Å². The number of aromatic nitrogens is 2. The standard InChI is InChI=1S/C14H17F3N3O2P/c1-9(23(4,21)20(2)3)10-5-7-11(8-6-10)12-18-13(22-19-12)14(15,16)17/h5-9H,1-4H3. The van der Waals surface area contributed by atoms with Gasteiger partial charge in [0.25, 0.3) is 0 Å². The van der Waals surface area contributed by atoms with E-state index < -0.39 is 19.4 Å². The maximum atomic E-state index is 12.6. The van der Waals surface area contributed by atoms with E-state index in [1.165, 1.54) is 0 Å². The number of rotatable bonds is 4. The largest absolute Gasteiger partial charge is 0.471 e. The van der Waals surface area contributed by atoms with Gasteiger partial charge in [-0.1, -0.05) is 36.3 Å². The Bertz CT molecular complexity index is 726. The van der Waals surface area contributed by atoms with E-state index in [1.54, 1.807) is 49.7 Å². The lowest BCUT2D eigenvalue weighted by Gasteiger charge is -2.27. The minimum Gasteiger partial charge on any atom is -0.329 e. The minimum absolute atomic E-state index is 0.135. The summed E-state index contributed by atoms with van der Waals surface area (Å²) in [5.41, 5.74) is 1.02. The number of hydrogen-bond acceptors (Lipinski definition) is 4. The van der Waals surface area contributed by atoms with Crippen LogP contribution >= 0.6 is 7.29 Å². The van der Waals surface area contributed by atoms with Crippen LogP contribution in [0, 0.1) is 0 Å². The van der Waals surface area contributed by atoms with Crippen molar-refractivity contribution in [3.63, 3.8) is 0 Å². The highest BCUT2D eigenvalue weighted by Crippen LogP contribution is 2.57. The van der Waals surface area contributed by atoms with E-state index in [9.17, 15) is 17.7 Å². The van der Waals surface area contributed by atoms with Gasteiger partial charge in [0.1, 0.15) is 0 Å². The lowest BCUT2D eigenvalue weighted by atomic mass is 10.1. The Labute approximate surface area is 131 Å². The second-order valence-corrected chi connectivity index (χ2v) is 8.97. The molecule has 0 spiro atoms. The summed E-state index contributed by atoms with van der Waals surface area (Å²) < 4.78 is 55.9. The topological polar surface area (TPSA) is 59.2 Å². The molecule has 0 aliphatic heterocycles. The summed E-state index contributed by atoms with van der Waals surface area (Å²) in [6.07, 6.45) is -4.67. The zero-order valence-corrected chi connectivity index (χ0v) is 14.0. The first-order valence-electron chi connectivity index (χ1n) is 6.79. The van der Waals surface area contributed by atoms with Gasteiger partial charge in [-0.05, 0) is 19.7 Å². The summed E-state index contributed by atoms with van der Waals surface area (Å²) in [5.74, 6) is -1.51. The highest BCUT2D eigenvalue weighted by molar-refractivity contribution is 7.61. The molecule has 0 fully saturated rings. The van der Waals surface area contributed by atoms with Crippen molar-refractivity contribution in [1.82, 2.24) is 14.8 Å². The fourth-order valence-electron chi connectivity index (χ4n) is 1.99. The van der Waals surface area contributed by atoms with E-state index in [0.717, 1.165) is 5.56 Å². The van der Waals surface area contributed by atoms with Crippen LogP contribution in [0.15, 0.2) is 28.8 Å². The Morgan fingerprint density at radius 3 is 2.22 bits per heavy atom.